The van der Waals surface area contributed by atoms with Gasteiger partial charge < -0.3 is 14.8 Å². The van der Waals surface area contributed by atoms with Crippen molar-refractivity contribution in [1.29, 1.82) is 0 Å². The molecule has 1 fully saturated rings. The normalized spacial score (nSPS) is 22.6. The zero-order valence-electron chi connectivity index (χ0n) is 12.2. The molecule has 112 valence electrons. The monoisotopic (exact) mass is 287 g/mol. The standard InChI is InChI=1S/C16H21N3O2/c1-13-3-2-4-14(9-13)21-12-16(20)5-8-19(11-16)10-15-17-6-7-18-15/h2-4,6-7,9,20H,5,8,10-12H2,1H3,(H,17,18). The molecule has 3 rings (SSSR count). The number of nitrogens with zero attached hydrogens (tertiary/aromatic N) is 2. The molecule has 21 heavy (non-hydrogen) atoms. The SMILES string of the molecule is Cc1cccc(OCC2(O)CCN(Cc3ncc[nH]3)C2)c1. The van der Waals surface area contributed by atoms with Gasteiger partial charge in [-0.15, -0.1) is 0 Å². The molecule has 0 amide bonds. The molecule has 1 unspecified atom stereocenters. The van der Waals surface area contributed by atoms with Crippen LogP contribution in [0.5, 0.6) is 5.75 Å². The summed E-state index contributed by atoms with van der Waals surface area (Å²) in [6.07, 6.45) is 4.29. The van der Waals surface area contributed by atoms with Crippen LogP contribution in [-0.4, -0.2) is 45.3 Å². The van der Waals surface area contributed by atoms with Crippen LogP contribution in [0.2, 0.25) is 0 Å². The maximum Gasteiger partial charge on any atom is 0.120 e. The van der Waals surface area contributed by atoms with Crippen LogP contribution in [0.25, 0.3) is 0 Å². The van der Waals surface area contributed by atoms with Crippen molar-refractivity contribution in [3.8, 4) is 5.75 Å². The van der Waals surface area contributed by atoms with E-state index < -0.39 is 5.60 Å². The zero-order valence-corrected chi connectivity index (χ0v) is 12.2. The van der Waals surface area contributed by atoms with Gasteiger partial charge in [0, 0.05) is 25.5 Å². The number of aromatic amines is 1. The second-order valence-electron chi connectivity index (χ2n) is 5.83. The lowest BCUT2D eigenvalue weighted by molar-refractivity contribution is 0.00321. The molecule has 2 aromatic rings. The molecule has 0 bridgehead atoms. The minimum Gasteiger partial charge on any atom is -0.491 e. The number of aryl methyl sites for hydroxylation is 1. The van der Waals surface area contributed by atoms with Crippen molar-refractivity contribution in [2.75, 3.05) is 19.7 Å². The fourth-order valence-corrected chi connectivity index (χ4v) is 2.71. The molecule has 0 aliphatic carbocycles. The van der Waals surface area contributed by atoms with Crippen molar-refractivity contribution in [3.63, 3.8) is 0 Å². The van der Waals surface area contributed by atoms with Gasteiger partial charge in [-0.05, 0) is 31.0 Å². The highest BCUT2D eigenvalue weighted by atomic mass is 16.5. The molecule has 5 heteroatoms. The lowest BCUT2D eigenvalue weighted by Gasteiger charge is -2.23. The quantitative estimate of drug-likeness (QED) is 0.879. The number of aliphatic hydroxyl groups is 1. The number of benzene rings is 1. The van der Waals surface area contributed by atoms with Gasteiger partial charge in [0.1, 0.15) is 23.8 Å². The molecule has 1 aromatic heterocycles. The Balaban J connectivity index is 1.53. The lowest BCUT2D eigenvalue weighted by atomic mass is 10.1. The minimum atomic E-state index is -0.781. The minimum absolute atomic E-state index is 0.325. The number of hydrogen-bond donors (Lipinski definition) is 2. The Bertz CT molecular complexity index is 585. The average Bonchev–Trinajstić information content (AvgIpc) is 3.08. The number of H-pyrrole nitrogens is 1. The summed E-state index contributed by atoms with van der Waals surface area (Å²) in [5.74, 6) is 1.74. The predicted octanol–water partition coefficient (Wildman–Crippen LogP) is 1.73. The van der Waals surface area contributed by atoms with E-state index in [1.165, 1.54) is 0 Å². The van der Waals surface area contributed by atoms with Crippen molar-refractivity contribution < 1.29 is 9.84 Å². The Morgan fingerprint density at radius 3 is 3.14 bits per heavy atom. The van der Waals surface area contributed by atoms with Gasteiger partial charge in [-0.25, -0.2) is 4.98 Å². The number of β-amino-alcohol motifs (C(OH)–C–C–N with tert-alkyl or cyclic N) is 1. The Kier molecular flexibility index (Phi) is 3.94. The number of imidazole rings is 1. The first kappa shape index (κ1) is 14.1. The van der Waals surface area contributed by atoms with E-state index in [4.69, 9.17) is 4.74 Å². The van der Waals surface area contributed by atoms with Gasteiger partial charge in [-0.2, -0.15) is 0 Å². The van der Waals surface area contributed by atoms with Crippen LogP contribution >= 0.6 is 0 Å². The molecule has 1 aliphatic rings. The molecule has 1 atom stereocenters. The topological polar surface area (TPSA) is 61.4 Å². The fraction of sp³-hybridized carbons (Fsp3) is 0.438. The van der Waals surface area contributed by atoms with E-state index >= 15 is 0 Å². The summed E-state index contributed by atoms with van der Waals surface area (Å²) in [5.41, 5.74) is 0.376. The van der Waals surface area contributed by atoms with E-state index in [-0.39, 0.29) is 0 Å². The molecular weight excluding hydrogens is 266 g/mol. The van der Waals surface area contributed by atoms with Gasteiger partial charge in [-0.1, -0.05) is 12.1 Å². The molecular formula is C16H21N3O2. The molecule has 2 heterocycles. The van der Waals surface area contributed by atoms with Crippen LogP contribution in [-0.2, 0) is 6.54 Å². The van der Waals surface area contributed by atoms with Gasteiger partial charge in [0.05, 0.1) is 6.54 Å². The van der Waals surface area contributed by atoms with E-state index in [0.29, 0.717) is 13.2 Å². The van der Waals surface area contributed by atoms with Crippen molar-refractivity contribution in [1.82, 2.24) is 14.9 Å². The number of nitrogens with one attached hydrogen (secondary N) is 1. The summed E-state index contributed by atoms with van der Waals surface area (Å²) >= 11 is 0. The van der Waals surface area contributed by atoms with Crippen LogP contribution in [0.4, 0.5) is 0 Å². The van der Waals surface area contributed by atoms with E-state index in [9.17, 15) is 5.11 Å². The molecule has 1 saturated heterocycles. The second-order valence-corrected chi connectivity index (χ2v) is 5.83. The van der Waals surface area contributed by atoms with Crippen molar-refractivity contribution in [2.24, 2.45) is 0 Å². The maximum absolute atomic E-state index is 10.6. The molecule has 0 spiro atoms. The summed E-state index contributed by atoms with van der Waals surface area (Å²) < 4.78 is 5.76. The van der Waals surface area contributed by atoms with Gasteiger partial charge >= 0.3 is 0 Å². The summed E-state index contributed by atoms with van der Waals surface area (Å²) in [4.78, 5) is 9.50. The molecule has 1 aromatic carbocycles. The molecule has 5 nitrogen and oxygen atoms in total. The van der Waals surface area contributed by atoms with E-state index in [2.05, 4.69) is 14.9 Å². The first-order valence-corrected chi connectivity index (χ1v) is 7.25. The van der Waals surface area contributed by atoms with Crippen molar-refractivity contribution in [2.45, 2.75) is 25.5 Å². The highest BCUT2D eigenvalue weighted by Gasteiger charge is 2.37. The van der Waals surface area contributed by atoms with Crippen molar-refractivity contribution >= 4 is 0 Å². The van der Waals surface area contributed by atoms with Crippen LogP contribution in [0, 0.1) is 6.92 Å². The smallest absolute Gasteiger partial charge is 0.120 e. The highest BCUT2D eigenvalue weighted by Crippen LogP contribution is 2.24. The first-order valence-electron chi connectivity index (χ1n) is 7.25. The van der Waals surface area contributed by atoms with Crippen LogP contribution in [0.3, 0.4) is 0 Å². The molecule has 1 aliphatic heterocycles. The Morgan fingerprint density at radius 2 is 2.38 bits per heavy atom. The van der Waals surface area contributed by atoms with Gasteiger partial charge in [0.15, 0.2) is 0 Å². The number of ether oxygens (including phenoxy) is 1. The van der Waals surface area contributed by atoms with E-state index in [1.807, 2.05) is 37.4 Å². The zero-order chi connectivity index (χ0) is 14.7. The summed E-state index contributed by atoms with van der Waals surface area (Å²) in [6.45, 7) is 4.56. The third-order valence-electron chi connectivity index (χ3n) is 3.84. The van der Waals surface area contributed by atoms with E-state index in [1.54, 1.807) is 6.20 Å². The fourth-order valence-electron chi connectivity index (χ4n) is 2.71. The number of aromatic nitrogens is 2. The summed E-state index contributed by atoms with van der Waals surface area (Å²) in [5, 5.41) is 10.6. The largest absolute Gasteiger partial charge is 0.491 e. The third kappa shape index (κ3) is 3.62. The molecule has 2 N–H and O–H groups in total. The van der Waals surface area contributed by atoms with Gasteiger partial charge in [-0.3, -0.25) is 4.90 Å². The summed E-state index contributed by atoms with van der Waals surface area (Å²) in [6, 6.07) is 7.90. The summed E-state index contributed by atoms with van der Waals surface area (Å²) in [7, 11) is 0. The Hall–Kier alpha value is -1.85. The second kappa shape index (κ2) is 5.87. The van der Waals surface area contributed by atoms with Crippen LogP contribution in [0.1, 0.15) is 17.8 Å². The maximum atomic E-state index is 10.6. The number of likely N-dealkylation sites (tertiary alicyclic amines) is 1. The average molecular weight is 287 g/mol. The number of hydrogen-bond acceptors (Lipinski definition) is 4. The highest BCUT2D eigenvalue weighted by molar-refractivity contribution is 5.27. The van der Waals surface area contributed by atoms with Crippen LogP contribution < -0.4 is 4.74 Å². The lowest BCUT2D eigenvalue weighted by Crippen LogP contribution is -2.39. The third-order valence-corrected chi connectivity index (χ3v) is 3.84. The first-order chi connectivity index (χ1) is 10.1. The van der Waals surface area contributed by atoms with Gasteiger partial charge in [0.25, 0.3) is 0 Å². The van der Waals surface area contributed by atoms with Crippen LogP contribution in [0.15, 0.2) is 36.7 Å². The van der Waals surface area contributed by atoms with Gasteiger partial charge in [0.2, 0.25) is 0 Å². The molecule has 0 saturated carbocycles. The molecule has 0 radical (unpaired) electrons. The predicted molar refractivity (Wildman–Crippen MR) is 80.1 cm³/mol. The van der Waals surface area contributed by atoms with Crippen molar-refractivity contribution in [3.05, 3.63) is 48.0 Å². The van der Waals surface area contributed by atoms with E-state index in [0.717, 1.165) is 36.6 Å². The Morgan fingerprint density at radius 1 is 1.48 bits per heavy atom. The number of rotatable bonds is 5. The Labute approximate surface area is 124 Å².